The van der Waals surface area contributed by atoms with Gasteiger partial charge in [-0.05, 0) is 50.6 Å². The van der Waals surface area contributed by atoms with Gasteiger partial charge < -0.3 is 24.4 Å². The summed E-state index contributed by atoms with van der Waals surface area (Å²) in [5, 5.41) is 2.83. The van der Waals surface area contributed by atoms with Crippen LogP contribution < -0.4 is 15.8 Å². The fourth-order valence-electron chi connectivity index (χ4n) is 3.97. The van der Waals surface area contributed by atoms with Gasteiger partial charge in [-0.15, -0.1) is 0 Å². The lowest BCUT2D eigenvalue weighted by Crippen LogP contribution is -2.44. The van der Waals surface area contributed by atoms with Crippen molar-refractivity contribution < 1.29 is 9.53 Å². The number of hydrogen-bond donors (Lipinski definition) is 1. The van der Waals surface area contributed by atoms with Gasteiger partial charge in [0.05, 0.1) is 24.5 Å². The summed E-state index contributed by atoms with van der Waals surface area (Å²) in [6.45, 7) is 6.86. The fourth-order valence-corrected chi connectivity index (χ4v) is 3.97. The van der Waals surface area contributed by atoms with Crippen LogP contribution in [0.3, 0.4) is 0 Å². The van der Waals surface area contributed by atoms with Gasteiger partial charge in [0.25, 0.3) is 11.5 Å². The molecule has 4 rings (SSSR count). The number of ether oxygens (including phenoxy) is 1. The third-order valence-corrected chi connectivity index (χ3v) is 5.86. The summed E-state index contributed by atoms with van der Waals surface area (Å²) < 4.78 is 7.21. The molecule has 2 aromatic heterocycles. The molecule has 0 aromatic carbocycles. The molecule has 160 valence electrons. The molecule has 0 radical (unpaired) electrons. The van der Waals surface area contributed by atoms with Crippen molar-refractivity contribution >= 4 is 17.4 Å². The van der Waals surface area contributed by atoms with E-state index < -0.39 is 5.91 Å². The zero-order valence-corrected chi connectivity index (χ0v) is 17.6. The smallest absolute Gasteiger partial charge is 0.263 e. The minimum Gasteiger partial charge on any atom is -0.376 e. The van der Waals surface area contributed by atoms with Gasteiger partial charge in [0.1, 0.15) is 11.4 Å². The van der Waals surface area contributed by atoms with E-state index in [1.807, 2.05) is 12.1 Å². The summed E-state index contributed by atoms with van der Waals surface area (Å²) in [6.07, 6.45) is 5.37. The van der Waals surface area contributed by atoms with Crippen molar-refractivity contribution in [1.29, 1.82) is 0 Å². The van der Waals surface area contributed by atoms with E-state index >= 15 is 0 Å². The van der Waals surface area contributed by atoms with Crippen molar-refractivity contribution in [2.24, 2.45) is 0 Å². The second kappa shape index (κ2) is 8.97. The van der Waals surface area contributed by atoms with E-state index in [2.05, 4.69) is 27.1 Å². The SMILES string of the molecule is Cc1ccn(CC2CCCO2)c(=O)c1C(=O)Nc1ccc(N2CCN(C)CC2)nc1. The minimum atomic E-state index is -0.409. The first-order valence-corrected chi connectivity index (χ1v) is 10.5. The van der Waals surface area contributed by atoms with E-state index in [-0.39, 0.29) is 17.2 Å². The Morgan fingerprint density at radius 3 is 2.70 bits per heavy atom. The maximum Gasteiger partial charge on any atom is 0.263 e. The van der Waals surface area contributed by atoms with Crippen LogP contribution >= 0.6 is 0 Å². The van der Waals surface area contributed by atoms with Gasteiger partial charge in [-0.1, -0.05) is 0 Å². The van der Waals surface area contributed by atoms with E-state index in [4.69, 9.17) is 4.74 Å². The molecule has 2 fully saturated rings. The number of rotatable bonds is 5. The quantitative estimate of drug-likeness (QED) is 0.807. The monoisotopic (exact) mass is 411 g/mol. The standard InChI is InChI=1S/C22H29N5O3/c1-16-7-8-27(15-18-4-3-13-30-18)22(29)20(16)21(28)24-17-5-6-19(23-14-17)26-11-9-25(2)10-12-26/h5-8,14,18H,3-4,9-13,15H2,1-2H3,(H,24,28). The Balaban J connectivity index is 1.46. The number of amides is 1. The van der Waals surface area contributed by atoms with Gasteiger partial charge in [-0.2, -0.15) is 0 Å². The third-order valence-electron chi connectivity index (χ3n) is 5.86. The number of carbonyl (C=O) groups is 1. The van der Waals surface area contributed by atoms with Gasteiger partial charge in [0.2, 0.25) is 0 Å². The molecule has 1 N–H and O–H groups in total. The van der Waals surface area contributed by atoms with Crippen LogP contribution in [-0.2, 0) is 11.3 Å². The van der Waals surface area contributed by atoms with E-state index in [1.165, 1.54) is 0 Å². The van der Waals surface area contributed by atoms with Crippen LogP contribution in [0.4, 0.5) is 11.5 Å². The topological polar surface area (TPSA) is 79.7 Å². The molecule has 1 unspecified atom stereocenters. The number of aromatic nitrogens is 2. The number of likely N-dealkylation sites (N-methyl/N-ethyl adjacent to an activating group) is 1. The molecule has 0 spiro atoms. The average molecular weight is 412 g/mol. The summed E-state index contributed by atoms with van der Waals surface area (Å²) in [5.41, 5.74) is 1.11. The lowest BCUT2D eigenvalue weighted by atomic mass is 10.1. The first kappa shape index (κ1) is 20.6. The molecule has 30 heavy (non-hydrogen) atoms. The van der Waals surface area contributed by atoms with Crippen LogP contribution in [0.2, 0.25) is 0 Å². The van der Waals surface area contributed by atoms with E-state index in [0.717, 1.165) is 51.4 Å². The number of piperazine rings is 1. The predicted molar refractivity (Wildman–Crippen MR) is 116 cm³/mol. The average Bonchev–Trinajstić information content (AvgIpc) is 3.25. The van der Waals surface area contributed by atoms with Crippen LogP contribution in [0.15, 0.2) is 35.4 Å². The number of anilines is 2. The highest BCUT2D eigenvalue weighted by molar-refractivity contribution is 6.04. The number of nitrogens with one attached hydrogen (secondary N) is 1. The molecule has 8 heteroatoms. The summed E-state index contributed by atoms with van der Waals surface area (Å²) >= 11 is 0. The molecule has 4 heterocycles. The van der Waals surface area contributed by atoms with Crippen LogP contribution in [0, 0.1) is 6.92 Å². The largest absolute Gasteiger partial charge is 0.376 e. The lowest BCUT2D eigenvalue weighted by molar-refractivity contribution is 0.0952. The van der Waals surface area contributed by atoms with Crippen molar-refractivity contribution in [1.82, 2.24) is 14.5 Å². The Bertz CT molecular complexity index is 942. The molecule has 0 bridgehead atoms. The molecule has 2 aliphatic heterocycles. The van der Waals surface area contributed by atoms with Crippen LogP contribution in [-0.4, -0.2) is 66.3 Å². The maximum absolute atomic E-state index is 12.9. The molecular formula is C22H29N5O3. The number of pyridine rings is 2. The minimum absolute atomic E-state index is 0.0348. The number of carbonyl (C=O) groups excluding carboxylic acids is 1. The van der Waals surface area contributed by atoms with Crippen LogP contribution in [0.1, 0.15) is 28.8 Å². The third kappa shape index (κ3) is 4.55. The summed E-state index contributed by atoms with van der Waals surface area (Å²) in [5.74, 6) is 0.490. The second-order valence-electron chi connectivity index (χ2n) is 8.12. The number of hydrogen-bond acceptors (Lipinski definition) is 6. The van der Waals surface area contributed by atoms with E-state index in [1.54, 1.807) is 30.0 Å². The Morgan fingerprint density at radius 1 is 1.23 bits per heavy atom. The molecule has 2 aromatic rings. The second-order valence-corrected chi connectivity index (χ2v) is 8.12. The van der Waals surface area contributed by atoms with Gasteiger partial charge in [-0.25, -0.2) is 4.98 Å². The van der Waals surface area contributed by atoms with E-state index in [9.17, 15) is 9.59 Å². The molecular weight excluding hydrogens is 382 g/mol. The van der Waals surface area contributed by atoms with Gasteiger partial charge in [-0.3, -0.25) is 9.59 Å². The Labute approximate surface area is 176 Å². The van der Waals surface area contributed by atoms with Gasteiger partial charge in [0, 0.05) is 39.0 Å². The first-order chi connectivity index (χ1) is 14.5. The molecule has 0 saturated carbocycles. The highest BCUT2D eigenvalue weighted by Crippen LogP contribution is 2.17. The van der Waals surface area contributed by atoms with Gasteiger partial charge in [0.15, 0.2) is 0 Å². The van der Waals surface area contributed by atoms with Crippen molar-refractivity contribution in [3.8, 4) is 0 Å². The summed E-state index contributed by atoms with van der Waals surface area (Å²) in [4.78, 5) is 34.8. The van der Waals surface area contributed by atoms with E-state index in [0.29, 0.717) is 17.8 Å². The zero-order valence-electron chi connectivity index (χ0n) is 17.6. The first-order valence-electron chi connectivity index (χ1n) is 10.5. The van der Waals surface area contributed by atoms with Gasteiger partial charge >= 0.3 is 0 Å². The Morgan fingerprint density at radius 2 is 2.03 bits per heavy atom. The van der Waals surface area contributed by atoms with Crippen molar-refractivity contribution in [2.75, 3.05) is 50.1 Å². The van der Waals surface area contributed by atoms with Crippen molar-refractivity contribution in [3.63, 3.8) is 0 Å². The Hall–Kier alpha value is -2.71. The van der Waals surface area contributed by atoms with Crippen LogP contribution in [0.5, 0.6) is 0 Å². The molecule has 1 atom stereocenters. The lowest BCUT2D eigenvalue weighted by Gasteiger charge is -2.33. The highest BCUT2D eigenvalue weighted by Gasteiger charge is 2.21. The molecule has 2 saturated heterocycles. The fraction of sp³-hybridized carbons (Fsp3) is 0.500. The van der Waals surface area contributed by atoms with Crippen molar-refractivity contribution in [2.45, 2.75) is 32.4 Å². The normalized spacial score (nSPS) is 19.8. The number of aryl methyl sites for hydroxylation is 1. The molecule has 2 aliphatic rings. The molecule has 0 aliphatic carbocycles. The molecule has 8 nitrogen and oxygen atoms in total. The summed E-state index contributed by atoms with van der Waals surface area (Å²) in [6, 6.07) is 5.55. The molecule has 1 amide bonds. The zero-order chi connectivity index (χ0) is 21.1. The Kier molecular flexibility index (Phi) is 6.15. The maximum atomic E-state index is 12.9. The highest BCUT2D eigenvalue weighted by atomic mass is 16.5. The van der Waals surface area contributed by atoms with Crippen molar-refractivity contribution in [3.05, 3.63) is 52.1 Å². The number of nitrogens with zero attached hydrogens (tertiary/aromatic N) is 4. The van der Waals surface area contributed by atoms with Crippen LogP contribution in [0.25, 0.3) is 0 Å². The predicted octanol–water partition coefficient (Wildman–Crippen LogP) is 1.73. The summed E-state index contributed by atoms with van der Waals surface area (Å²) in [7, 11) is 2.11.